The summed E-state index contributed by atoms with van der Waals surface area (Å²) in [5.41, 5.74) is 4.77. The molecule has 0 spiro atoms. The summed E-state index contributed by atoms with van der Waals surface area (Å²) in [6.07, 6.45) is 4.54. The average molecular weight is 290 g/mol. The zero-order chi connectivity index (χ0) is 14.1. The van der Waals surface area contributed by atoms with Gasteiger partial charge in [0.15, 0.2) is 5.84 Å². The van der Waals surface area contributed by atoms with Crippen molar-refractivity contribution in [3.05, 3.63) is 0 Å². The maximum atomic E-state index is 12.0. The monoisotopic (exact) mass is 290 g/mol. The Morgan fingerprint density at radius 1 is 1.32 bits per heavy atom. The van der Waals surface area contributed by atoms with Crippen molar-refractivity contribution in [1.82, 2.24) is 9.44 Å². The summed E-state index contributed by atoms with van der Waals surface area (Å²) in [6.45, 7) is 2.12. The molecular weight excluding hydrogens is 268 g/mol. The standard InChI is InChI=1S/C11H22N4O3S/c1-8-4-6-11(7-5-8,10(12)13-16)15-19(17,18)14-9-2-3-9/h8-9,14-16H,2-7H2,1H3,(H2,12,13). The van der Waals surface area contributed by atoms with Crippen LogP contribution in [0.4, 0.5) is 0 Å². The number of amidine groups is 1. The van der Waals surface area contributed by atoms with Crippen LogP contribution in [-0.4, -0.2) is 31.0 Å². The molecule has 0 amide bonds. The second-order valence-corrected chi connectivity index (χ2v) is 7.19. The third kappa shape index (κ3) is 3.58. The summed E-state index contributed by atoms with van der Waals surface area (Å²) in [4.78, 5) is 0. The molecule has 110 valence electrons. The minimum absolute atomic E-state index is 0.0318. The molecule has 0 heterocycles. The first-order valence-electron chi connectivity index (χ1n) is 6.66. The van der Waals surface area contributed by atoms with Crippen LogP contribution in [0.5, 0.6) is 0 Å². The Hall–Kier alpha value is -0.860. The molecule has 5 N–H and O–H groups in total. The van der Waals surface area contributed by atoms with E-state index >= 15 is 0 Å². The predicted molar refractivity (Wildman–Crippen MR) is 72.0 cm³/mol. The minimum Gasteiger partial charge on any atom is -0.409 e. The first kappa shape index (κ1) is 14.5. The van der Waals surface area contributed by atoms with E-state index in [4.69, 9.17) is 10.9 Å². The van der Waals surface area contributed by atoms with Crippen molar-refractivity contribution in [2.75, 3.05) is 0 Å². The van der Waals surface area contributed by atoms with Gasteiger partial charge in [-0.15, -0.1) is 0 Å². The van der Waals surface area contributed by atoms with Crippen molar-refractivity contribution in [2.24, 2.45) is 16.8 Å². The van der Waals surface area contributed by atoms with E-state index in [-0.39, 0.29) is 11.9 Å². The smallest absolute Gasteiger partial charge is 0.278 e. The third-order valence-electron chi connectivity index (χ3n) is 3.95. The molecule has 0 aromatic rings. The predicted octanol–water partition coefficient (Wildman–Crippen LogP) is 0.268. The highest BCUT2D eigenvalue weighted by Gasteiger charge is 2.42. The van der Waals surface area contributed by atoms with Gasteiger partial charge >= 0.3 is 0 Å². The molecule has 2 aliphatic rings. The zero-order valence-corrected chi connectivity index (χ0v) is 11.9. The Bertz CT molecular complexity index is 451. The summed E-state index contributed by atoms with van der Waals surface area (Å²) >= 11 is 0. The number of oxime groups is 1. The number of rotatable bonds is 5. The summed E-state index contributed by atoms with van der Waals surface area (Å²) in [6, 6.07) is 0.0318. The van der Waals surface area contributed by atoms with E-state index in [1.165, 1.54) is 0 Å². The van der Waals surface area contributed by atoms with Crippen molar-refractivity contribution < 1.29 is 13.6 Å². The Morgan fingerprint density at radius 2 is 1.89 bits per heavy atom. The first-order chi connectivity index (χ1) is 8.87. The lowest BCUT2D eigenvalue weighted by molar-refractivity contribution is 0.266. The van der Waals surface area contributed by atoms with Gasteiger partial charge in [0.2, 0.25) is 0 Å². The van der Waals surface area contributed by atoms with Gasteiger partial charge in [0.05, 0.1) is 5.54 Å². The molecule has 0 aromatic heterocycles. The lowest BCUT2D eigenvalue weighted by atomic mass is 9.77. The van der Waals surface area contributed by atoms with Crippen LogP contribution in [0.25, 0.3) is 0 Å². The fourth-order valence-corrected chi connectivity index (χ4v) is 4.02. The molecule has 0 radical (unpaired) electrons. The van der Waals surface area contributed by atoms with Gasteiger partial charge in [0, 0.05) is 6.04 Å². The Labute approximate surface area is 113 Å². The Morgan fingerprint density at radius 3 is 2.37 bits per heavy atom. The van der Waals surface area contributed by atoms with Gasteiger partial charge < -0.3 is 10.9 Å². The van der Waals surface area contributed by atoms with Gasteiger partial charge in [0.25, 0.3) is 10.2 Å². The summed E-state index contributed by atoms with van der Waals surface area (Å²) in [5.74, 6) is 0.473. The maximum absolute atomic E-state index is 12.0. The van der Waals surface area contributed by atoms with E-state index in [2.05, 4.69) is 21.5 Å². The lowest BCUT2D eigenvalue weighted by Gasteiger charge is -2.38. The van der Waals surface area contributed by atoms with Gasteiger partial charge in [-0.25, -0.2) is 0 Å². The Balaban J connectivity index is 2.14. The number of nitrogens with zero attached hydrogens (tertiary/aromatic N) is 1. The number of hydrogen-bond donors (Lipinski definition) is 4. The summed E-state index contributed by atoms with van der Waals surface area (Å²) in [7, 11) is -3.62. The average Bonchev–Trinajstić information content (AvgIpc) is 3.14. The van der Waals surface area contributed by atoms with Crippen LogP contribution in [0.2, 0.25) is 0 Å². The third-order valence-corrected chi connectivity index (χ3v) is 5.26. The van der Waals surface area contributed by atoms with Gasteiger partial charge in [-0.05, 0) is 44.4 Å². The second-order valence-electron chi connectivity index (χ2n) is 5.75. The molecule has 7 nitrogen and oxygen atoms in total. The van der Waals surface area contributed by atoms with E-state index < -0.39 is 15.7 Å². The van der Waals surface area contributed by atoms with Crippen LogP contribution in [0.15, 0.2) is 5.16 Å². The SMILES string of the molecule is CC1CCC(NS(=O)(=O)NC2CC2)(C(N)=NO)CC1. The van der Waals surface area contributed by atoms with Crippen LogP contribution < -0.4 is 15.2 Å². The molecule has 8 heteroatoms. The molecule has 2 saturated carbocycles. The van der Waals surface area contributed by atoms with E-state index in [1.807, 2.05) is 0 Å². The van der Waals surface area contributed by atoms with Gasteiger partial charge in [0.1, 0.15) is 0 Å². The minimum atomic E-state index is -3.62. The quantitative estimate of drug-likeness (QED) is 0.251. The molecular formula is C11H22N4O3S. The van der Waals surface area contributed by atoms with Crippen molar-refractivity contribution in [3.8, 4) is 0 Å². The molecule has 2 fully saturated rings. The zero-order valence-electron chi connectivity index (χ0n) is 11.1. The van der Waals surface area contributed by atoms with E-state index in [0.29, 0.717) is 18.8 Å². The number of hydrogen-bond acceptors (Lipinski definition) is 4. The summed E-state index contributed by atoms with van der Waals surface area (Å²) in [5, 5.41) is 11.9. The molecule has 0 aromatic carbocycles. The topological polar surface area (TPSA) is 117 Å². The van der Waals surface area contributed by atoms with Crippen LogP contribution >= 0.6 is 0 Å². The van der Waals surface area contributed by atoms with E-state index in [0.717, 1.165) is 25.7 Å². The van der Waals surface area contributed by atoms with Crippen LogP contribution in [-0.2, 0) is 10.2 Å². The maximum Gasteiger partial charge on any atom is 0.278 e. The highest BCUT2D eigenvalue weighted by molar-refractivity contribution is 7.87. The van der Waals surface area contributed by atoms with Crippen molar-refractivity contribution >= 4 is 16.0 Å². The number of nitrogens with two attached hydrogens (primary N) is 1. The number of nitrogens with one attached hydrogen (secondary N) is 2. The highest BCUT2D eigenvalue weighted by atomic mass is 32.2. The molecule has 0 bridgehead atoms. The van der Waals surface area contributed by atoms with Crippen LogP contribution in [0, 0.1) is 5.92 Å². The summed E-state index contributed by atoms with van der Waals surface area (Å²) < 4.78 is 29.2. The van der Waals surface area contributed by atoms with Gasteiger partial charge in [-0.1, -0.05) is 12.1 Å². The van der Waals surface area contributed by atoms with Gasteiger partial charge in [-0.2, -0.15) is 17.9 Å². The van der Waals surface area contributed by atoms with Crippen LogP contribution in [0.3, 0.4) is 0 Å². The molecule has 2 rings (SSSR count). The van der Waals surface area contributed by atoms with Crippen molar-refractivity contribution in [1.29, 1.82) is 0 Å². The highest BCUT2D eigenvalue weighted by Crippen LogP contribution is 2.33. The van der Waals surface area contributed by atoms with Crippen LogP contribution in [0.1, 0.15) is 45.4 Å². The largest absolute Gasteiger partial charge is 0.409 e. The van der Waals surface area contributed by atoms with Crippen molar-refractivity contribution in [3.63, 3.8) is 0 Å². The fourth-order valence-electron chi connectivity index (χ4n) is 2.47. The van der Waals surface area contributed by atoms with Crippen molar-refractivity contribution in [2.45, 2.75) is 57.0 Å². The normalized spacial score (nSPS) is 33.3. The molecule has 0 saturated heterocycles. The molecule has 2 aliphatic carbocycles. The first-order valence-corrected chi connectivity index (χ1v) is 8.14. The second kappa shape index (κ2) is 5.26. The molecule has 0 atom stereocenters. The molecule has 0 unspecified atom stereocenters. The Kier molecular flexibility index (Phi) is 4.03. The lowest BCUT2D eigenvalue weighted by Crippen LogP contribution is -2.61. The fraction of sp³-hybridized carbons (Fsp3) is 0.909. The molecule has 0 aliphatic heterocycles. The van der Waals surface area contributed by atoms with E-state index in [1.54, 1.807) is 0 Å². The van der Waals surface area contributed by atoms with E-state index in [9.17, 15) is 8.42 Å². The molecule has 19 heavy (non-hydrogen) atoms. The van der Waals surface area contributed by atoms with Gasteiger partial charge in [-0.3, -0.25) is 0 Å².